The highest BCUT2D eigenvalue weighted by molar-refractivity contribution is 9.09. The minimum absolute atomic E-state index is 0.0798. The molecule has 0 saturated carbocycles. The number of nitrogens with zero attached hydrogens (tertiary/aromatic N) is 1. The van der Waals surface area contributed by atoms with Gasteiger partial charge in [0.15, 0.2) is 11.6 Å². The molecule has 0 N–H and O–H groups in total. The molecule has 1 amide bonds. The molecule has 0 aliphatic rings. The van der Waals surface area contributed by atoms with Crippen LogP contribution in [0, 0.1) is 5.82 Å². The first kappa shape index (κ1) is 14.0. The molecular weight excluding hydrogens is 289 g/mol. The number of ether oxygens (including phenoxy) is 1. The van der Waals surface area contributed by atoms with Gasteiger partial charge < -0.3 is 9.64 Å². The van der Waals surface area contributed by atoms with E-state index in [-0.39, 0.29) is 16.5 Å². The van der Waals surface area contributed by atoms with Gasteiger partial charge in [-0.1, -0.05) is 22.9 Å². The number of carbonyl (C=O) groups excluding carboxylic acids is 1. The monoisotopic (exact) mass is 303 g/mol. The van der Waals surface area contributed by atoms with E-state index in [1.54, 1.807) is 11.9 Å². The van der Waals surface area contributed by atoms with Crippen molar-refractivity contribution in [3.8, 4) is 5.75 Å². The number of methoxy groups -OCH3 is 1. The largest absolute Gasteiger partial charge is 0.494 e. The van der Waals surface area contributed by atoms with Crippen molar-refractivity contribution in [2.45, 2.75) is 11.8 Å². The molecule has 0 aliphatic heterocycles. The normalized spacial score (nSPS) is 12.1. The average Bonchev–Trinajstić information content (AvgIpc) is 2.27. The number of carbonyl (C=O) groups is 1. The summed E-state index contributed by atoms with van der Waals surface area (Å²) in [4.78, 5) is 13.8. The van der Waals surface area contributed by atoms with Crippen molar-refractivity contribution in [1.29, 1.82) is 0 Å². The van der Waals surface area contributed by atoms with E-state index in [0.717, 1.165) is 0 Å². The standard InChI is InChI=1S/C12H15BrFNO2/c1-8(13)7-15(2)12(16)9-4-5-10(14)11(6-9)17-3/h4-6,8H,7H2,1-3H3. The third-order valence-corrected chi connectivity index (χ3v) is 2.56. The highest BCUT2D eigenvalue weighted by Crippen LogP contribution is 2.19. The second-order valence-electron chi connectivity index (χ2n) is 3.82. The summed E-state index contributed by atoms with van der Waals surface area (Å²) in [6.45, 7) is 2.54. The summed E-state index contributed by atoms with van der Waals surface area (Å²) in [5, 5.41) is 0. The zero-order valence-electron chi connectivity index (χ0n) is 10.0. The van der Waals surface area contributed by atoms with Crippen LogP contribution in [-0.4, -0.2) is 36.3 Å². The van der Waals surface area contributed by atoms with Crippen molar-refractivity contribution in [3.63, 3.8) is 0 Å². The Bertz CT molecular complexity index is 409. The Morgan fingerprint density at radius 2 is 2.24 bits per heavy atom. The van der Waals surface area contributed by atoms with Gasteiger partial charge in [-0.05, 0) is 18.2 Å². The predicted octanol–water partition coefficient (Wildman–Crippen LogP) is 2.69. The SMILES string of the molecule is COc1cc(C(=O)N(C)CC(C)Br)ccc1F. The summed E-state index contributed by atoms with van der Waals surface area (Å²) in [6.07, 6.45) is 0. The van der Waals surface area contributed by atoms with Gasteiger partial charge >= 0.3 is 0 Å². The summed E-state index contributed by atoms with van der Waals surface area (Å²) in [5.74, 6) is -0.550. The molecule has 3 nitrogen and oxygen atoms in total. The first-order chi connectivity index (χ1) is 7.95. The fraction of sp³-hybridized carbons (Fsp3) is 0.417. The van der Waals surface area contributed by atoms with Crippen LogP contribution in [0.1, 0.15) is 17.3 Å². The Kier molecular flexibility index (Phi) is 4.93. The lowest BCUT2D eigenvalue weighted by Crippen LogP contribution is -2.31. The van der Waals surface area contributed by atoms with Crippen LogP contribution in [0.2, 0.25) is 0 Å². The van der Waals surface area contributed by atoms with E-state index in [1.807, 2.05) is 6.92 Å². The number of alkyl halides is 1. The Hall–Kier alpha value is -1.10. The first-order valence-electron chi connectivity index (χ1n) is 5.18. The van der Waals surface area contributed by atoms with Gasteiger partial charge in [0.2, 0.25) is 0 Å². The Balaban J connectivity index is 2.89. The molecule has 17 heavy (non-hydrogen) atoms. The van der Waals surface area contributed by atoms with Crippen LogP contribution < -0.4 is 4.74 Å². The fourth-order valence-electron chi connectivity index (χ4n) is 1.47. The molecule has 1 aromatic rings. The molecule has 1 aromatic carbocycles. The molecule has 1 rings (SSSR count). The third-order valence-electron chi connectivity index (χ3n) is 2.27. The lowest BCUT2D eigenvalue weighted by Gasteiger charge is -2.18. The van der Waals surface area contributed by atoms with Gasteiger partial charge in [-0.2, -0.15) is 0 Å². The van der Waals surface area contributed by atoms with Crippen molar-refractivity contribution in [2.75, 3.05) is 20.7 Å². The lowest BCUT2D eigenvalue weighted by atomic mass is 10.2. The molecular formula is C12H15BrFNO2. The molecule has 0 spiro atoms. The molecule has 1 atom stereocenters. The molecule has 0 aromatic heterocycles. The Labute approximate surface area is 109 Å². The van der Waals surface area contributed by atoms with E-state index in [9.17, 15) is 9.18 Å². The van der Waals surface area contributed by atoms with Crippen LogP contribution in [0.4, 0.5) is 4.39 Å². The van der Waals surface area contributed by atoms with Crippen molar-refractivity contribution in [3.05, 3.63) is 29.6 Å². The zero-order chi connectivity index (χ0) is 13.0. The van der Waals surface area contributed by atoms with E-state index in [1.165, 1.54) is 25.3 Å². The molecule has 0 fully saturated rings. The van der Waals surface area contributed by atoms with Crippen molar-refractivity contribution in [2.24, 2.45) is 0 Å². The van der Waals surface area contributed by atoms with Crippen LogP contribution in [0.5, 0.6) is 5.75 Å². The molecule has 0 saturated heterocycles. The van der Waals surface area contributed by atoms with Gasteiger partial charge in [-0.3, -0.25) is 4.79 Å². The molecule has 0 bridgehead atoms. The minimum atomic E-state index is -0.472. The number of amides is 1. The molecule has 0 heterocycles. The number of benzene rings is 1. The lowest BCUT2D eigenvalue weighted by molar-refractivity contribution is 0.0797. The summed E-state index contributed by atoms with van der Waals surface area (Å²) < 4.78 is 18.0. The van der Waals surface area contributed by atoms with E-state index in [0.29, 0.717) is 12.1 Å². The van der Waals surface area contributed by atoms with E-state index < -0.39 is 5.82 Å². The number of rotatable bonds is 4. The van der Waals surface area contributed by atoms with Gasteiger partial charge in [0.1, 0.15) is 0 Å². The molecule has 0 aliphatic carbocycles. The van der Waals surface area contributed by atoms with Gasteiger partial charge in [0.25, 0.3) is 5.91 Å². The van der Waals surface area contributed by atoms with Crippen LogP contribution >= 0.6 is 15.9 Å². The van der Waals surface area contributed by atoms with Crippen molar-refractivity contribution < 1.29 is 13.9 Å². The fourth-order valence-corrected chi connectivity index (χ4v) is 1.91. The highest BCUT2D eigenvalue weighted by Gasteiger charge is 2.15. The molecule has 0 radical (unpaired) electrons. The minimum Gasteiger partial charge on any atom is -0.494 e. The molecule has 1 unspecified atom stereocenters. The number of halogens is 2. The average molecular weight is 304 g/mol. The molecule has 5 heteroatoms. The smallest absolute Gasteiger partial charge is 0.253 e. The second-order valence-corrected chi connectivity index (χ2v) is 5.38. The zero-order valence-corrected chi connectivity index (χ0v) is 11.6. The first-order valence-corrected chi connectivity index (χ1v) is 6.10. The van der Waals surface area contributed by atoms with Gasteiger partial charge in [-0.25, -0.2) is 4.39 Å². The maximum atomic E-state index is 13.2. The molecule has 94 valence electrons. The van der Waals surface area contributed by atoms with Gasteiger partial charge in [-0.15, -0.1) is 0 Å². The number of hydrogen-bond acceptors (Lipinski definition) is 2. The highest BCUT2D eigenvalue weighted by atomic mass is 79.9. The van der Waals surface area contributed by atoms with Crippen LogP contribution in [0.25, 0.3) is 0 Å². The van der Waals surface area contributed by atoms with Crippen LogP contribution in [0.3, 0.4) is 0 Å². The summed E-state index contributed by atoms with van der Waals surface area (Å²) in [5.41, 5.74) is 0.416. The Morgan fingerprint density at radius 1 is 1.59 bits per heavy atom. The number of hydrogen-bond donors (Lipinski definition) is 0. The topological polar surface area (TPSA) is 29.5 Å². The summed E-state index contributed by atoms with van der Waals surface area (Å²) >= 11 is 3.38. The predicted molar refractivity (Wildman–Crippen MR) is 68.3 cm³/mol. The third kappa shape index (κ3) is 3.70. The van der Waals surface area contributed by atoms with E-state index in [2.05, 4.69) is 15.9 Å². The second kappa shape index (κ2) is 6.00. The van der Waals surface area contributed by atoms with E-state index in [4.69, 9.17) is 4.74 Å². The van der Waals surface area contributed by atoms with Crippen LogP contribution in [-0.2, 0) is 0 Å². The van der Waals surface area contributed by atoms with Crippen molar-refractivity contribution >= 4 is 21.8 Å². The Morgan fingerprint density at radius 3 is 2.76 bits per heavy atom. The quantitative estimate of drug-likeness (QED) is 0.801. The van der Waals surface area contributed by atoms with Gasteiger partial charge in [0, 0.05) is 24.0 Å². The maximum Gasteiger partial charge on any atom is 0.253 e. The summed E-state index contributed by atoms with van der Waals surface area (Å²) in [7, 11) is 3.08. The van der Waals surface area contributed by atoms with Gasteiger partial charge in [0.05, 0.1) is 7.11 Å². The van der Waals surface area contributed by atoms with E-state index >= 15 is 0 Å². The van der Waals surface area contributed by atoms with Crippen molar-refractivity contribution in [1.82, 2.24) is 4.90 Å². The summed E-state index contributed by atoms with van der Waals surface area (Å²) in [6, 6.07) is 4.10. The van der Waals surface area contributed by atoms with Crippen LogP contribution in [0.15, 0.2) is 18.2 Å². The maximum absolute atomic E-state index is 13.2.